The molecular formula is C21H35F2IN4O4. The Kier molecular flexibility index (Phi) is 13.1. The smallest absolute Gasteiger partial charge is 0.387 e. The highest BCUT2D eigenvalue weighted by Gasteiger charge is 2.25. The van der Waals surface area contributed by atoms with Crippen LogP contribution in [0.4, 0.5) is 8.78 Å². The fourth-order valence-corrected chi connectivity index (χ4v) is 3.27. The Balaban J connectivity index is 0.00000512. The van der Waals surface area contributed by atoms with E-state index in [2.05, 4.69) is 25.3 Å². The van der Waals surface area contributed by atoms with Crippen molar-refractivity contribution in [2.45, 2.75) is 32.5 Å². The number of methoxy groups -OCH3 is 1. The fourth-order valence-electron chi connectivity index (χ4n) is 3.27. The number of morpholine rings is 1. The molecule has 1 heterocycles. The molecule has 11 heteroatoms. The Morgan fingerprint density at radius 2 is 2.00 bits per heavy atom. The first-order valence-corrected chi connectivity index (χ1v) is 10.5. The summed E-state index contributed by atoms with van der Waals surface area (Å²) in [6.07, 6.45) is 0.568. The second-order valence-electron chi connectivity index (χ2n) is 7.62. The van der Waals surface area contributed by atoms with Gasteiger partial charge in [-0.2, -0.15) is 8.78 Å². The van der Waals surface area contributed by atoms with Crippen LogP contribution in [0.5, 0.6) is 11.5 Å². The van der Waals surface area contributed by atoms with E-state index in [0.717, 1.165) is 18.7 Å². The number of hydrogen-bond donors (Lipinski definition) is 3. The van der Waals surface area contributed by atoms with Crippen LogP contribution in [0, 0.1) is 0 Å². The number of guanidine groups is 1. The molecule has 1 aromatic rings. The molecular weight excluding hydrogens is 537 g/mol. The molecule has 3 N–H and O–H groups in total. The molecule has 0 bridgehead atoms. The van der Waals surface area contributed by atoms with Crippen LogP contribution in [-0.4, -0.2) is 87.8 Å². The van der Waals surface area contributed by atoms with E-state index in [1.165, 1.54) is 7.11 Å². The van der Waals surface area contributed by atoms with Crippen molar-refractivity contribution >= 4 is 29.9 Å². The summed E-state index contributed by atoms with van der Waals surface area (Å²) in [5.41, 5.74) is -0.143. The number of aliphatic hydroxyl groups is 1. The Morgan fingerprint density at radius 3 is 2.62 bits per heavy atom. The monoisotopic (exact) mass is 572 g/mol. The van der Waals surface area contributed by atoms with Gasteiger partial charge in [-0.3, -0.25) is 9.89 Å². The topological polar surface area (TPSA) is 87.6 Å². The number of ether oxygens (including phenoxy) is 3. The van der Waals surface area contributed by atoms with E-state index in [-0.39, 0.29) is 42.0 Å². The zero-order chi connectivity index (χ0) is 22.7. The Hall–Kier alpha value is -1.44. The first-order valence-electron chi connectivity index (χ1n) is 10.5. The van der Waals surface area contributed by atoms with Gasteiger partial charge in [0, 0.05) is 32.7 Å². The van der Waals surface area contributed by atoms with Crippen LogP contribution in [0.2, 0.25) is 0 Å². The van der Waals surface area contributed by atoms with Gasteiger partial charge in [0.15, 0.2) is 17.5 Å². The van der Waals surface area contributed by atoms with Crippen molar-refractivity contribution in [3.63, 3.8) is 0 Å². The summed E-state index contributed by atoms with van der Waals surface area (Å²) in [7, 11) is 1.40. The van der Waals surface area contributed by atoms with Gasteiger partial charge in [-0.1, -0.05) is 6.07 Å². The highest BCUT2D eigenvalue weighted by molar-refractivity contribution is 14.0. The molecule has 0 aliphatic carbocycles. The molecule has 2 rings (SSSR count). The average Bonchev–Trinajstić information content (AvgIpc) is 2.72. The van der Waals surface area contributed by atoms with Crippen LogP contribution in [0.15, 0.2) is 23.2 Å². The minimum Gasteiger partial charge on any atom is -0.493 e. The van der Waals surface area contributed by atoms with Crippen molar-refractivity contribution in [3.8, 4) is 11.5 Å². The highest BCUT2D eigenvalue weighted by atomic mass is 127. The van der Waals surface area contributed by atoms with Crippen molar-refractivity contribution in [2.75, 3.05) is 59.6 Å². The minimum absolute atomic E-state index is 0. The van der Waals surface area contributed by atoms with Crippen LogP contribution in [0.1, 0.15) is 19.4 Å². The number of hydrogen-bond acceptors (Lipinski definition) is 6. The van der Waals surface area contributed by atoms with Gasteiger partial charge in [0.1, 0.15) is 0 Å². The SMILES string of the molecule is CCNC(=NCC(C)(O)CN1CCOCC1)NCCc1ccc(OC)c(OC(F)F)c1.I. The zero-order valence-electron chi connectivity index (χ0n) is 18.9. The number of benzene rings is 1. The molecule has 0 aromatic heterocycles. The summed E-state index contributed by atoms with van der Waals surface area (Å²) >= 11 is 0. The maximum Gasteiger partial charge on any atom is 0.387 e. The predicted molar refractivity (Wildman–Crippen MR) is 131 cm³/mol. The van der Waals surface area contributed by atoms with Gasteiger partial charge in [-0.05, 0) is 38.0 Å². The number of halogens is 3. The lowest BCUT2D eigenvalue weighted by atomic mass is 10.1. The van der Waals surface area contributed by atoms with E-state index < -0.39 is 12.2 Å². The number of nitrogens with one attached hydrogen (secondary N) is 2. The number of aliphatic imine (C=N–C) groups is 1. The molecule has 1 aliphatic heterocycles. The summed E-state index contributed by atoms with van der Waals surface area (Å²) in [6, 6.07) is 4.95. The summed E-state index contributed by atoms with van der Waals surface area (Å²) in [5.74, 6) is 0.853. The van der Waals surface area contributed by atoms with Gasteiger partial charge >= 0.3 is 6.61 Å². The second-order valence-corrected chi connectivity index (χ2v) is 7.62. The molecule has 1 aromatic carbocycles. The molecule has 1 atom stereocenters. The van der Waals surface area contributed by atoms with E-state index in [0.29, 0.717) is 45.2 Å². The maximum absolute atomic E-state index is 12.6. The van der Waals surface area contributed by atoms with Crippen LogP contribution in [0.3, 0.4) is 0 Å². The lowest BCUT2D eigenvalue weighted by molar-refractivity contribution is -0.0512. The van der Waals surface area contributed by atoms with Gasteiger partial charge in [0.2, 0.25) is 0 Å². The number of rotatable bonds is 11. The third kappa shape index (κ3) is 10.5. The third-order valence-electron chi connectivity index (χ3n) is 4.74. The molecule has 0 saturated carbocycles. The van der Waals surface area contributed by atoms with E-state index in [4.69, 9.17) is 9.47 Å². The first-order chi connectivity index (χ1) is 14.8. The van der Waals surface area contributed by atoms with E-state index >= 15 is 0 Å². The van der Waals surface area contributed by atoms with Crippen LogP contribution in [-0.2, 0) is 11.2 Å². The van der Waals surface area contributed by atoms with Gasteiger partial charge in [0.05, 0.1) is 32.5 Å². The van der Waals surface area contributed by atoms with E-state index in [1.807, 2.05) is 6.92 Å². The summed E-state index contributed by atoms with van der Waals surface area (Å²) in [5, 5.41) is 17.1. The standard InChI is InChI=1S/C21H34F2N4O4.HI/c1-4-24-20(26-14-21(2,28)15-27-9-11-30-12-10-27)25-8-7-16-5-6-17(29-3)18(13-16)31-19(22)23;/h5-6,13,19,28H,4,7-12,14-15H2,1-3H3,(H2,24,25,26);1H. The highest BCUT2D eigenvalue weighted by Crippen LogP contribution is 2.29. The van der Waals surface area contributed by atoms with Crippen molar-refractivity contribution in [2.24, 2.45) is 4.99 Å². The number of alkyl halides is 2. The van der Waals surface area contributed by atoms with Gasteiger partial charge in [0.25, 0.3) is 0 Å². The van der Waals surface area contributed by atoms with Gasteiger partial charge in [-0.25, -0.2) is 0 Å². The van der Waals surface area contributed by atoms with Crippen molar-refractivity contribution in [1.29, 1.82) is 0 Å². The van der Waals surface area contributed by atoms with Crippen molar-refractivity contribution < 1.29 is 28.1 Å². The largest absolute Gasteiger partial charge is 0.493 e. The number of β-amino-alcohol motifs (C(OH)–C–C–N with tert-alkyl or cyclic N) is 1. The van der Waals surface area contributed by atoms with Crippen LogP contribution >= 0.6 is 24.0 Å². The Labute approximate surface area is 205 Å². The van der Waals surface area contributed by atoms with E-state index in [9.17, 15) is 13.9 Å². The molecule has 32 heavy (non-hydrogen) atoms. The maximum atomic E-state index is 12.6. The molecule has 8 nitrogen and oxygen atoms in total. The zero-order valence-corrected chi connectivity index (χ0v) is 21.2. The second kappa shape index (κ2) is 14.7. The van der Waals surface area contributed by atoms with Crippen molar-refractivity contribution in [3.05, 3.63) is 23.8 Å². The number of nitrogens with zero attached hydrogens (tertiary/aromatic N) is 2. The first kappa shape index (κ1) is 28.6. The van der Waals surface area contributed by atoms with Crippen LogP contribution < -0.4 is 20.1 Å². The molecule has 0 spiro atoms. The Morgan fingerprint density at radius 1 is 1.28 bits per heavy atom. The lowest BCUT2D eigenvalue weighted by Gasteiger charge is -2.33. The third-order valence-corrected chi connectivity index (χ3v) is 4.74. The minimum atomic E-state index is -2.92. The Bertz CT molecular complexity index is 704. The molecule has 1 aliphatic rings. The lowest BCUT2D eigenvalue weighted by Crippen LogP contribution is -2.48. The van der Waals surface area contributed by atoms with Gasteiger partial charge < -0.3 is 30.0 Å². The average molecular weight is 572 g/mol. The quantitative estimate of drug-likeness (QED) is 0.213. The summed E-state index contributed by atoms with van der Waals surface area (Å²) in [4.78, 5) is 6.68. The van der Waals surface area contributed by atoms with E-state index in [1.54, 1.807) is 25.1 Å². The summed E-state index contributed by atoms with van der Waals surface area (Å²) in [6.45, 7) is 5.75. The molecule has 184 valence electrons. The molecule has 0 amide bonds. The predicted octanol–water partition coefficient (Wildman–Crippen LogP) is 2.10. The van der Waals surface area contributed by atoms with Crippen molar-refractivity contribution in [1.82, 2.24) is 15.5 Å². The molecule has 1 fully saturated rings. The molecule has 1 unspecified atom stereocenters. The summed E-state index contributed by atoms with van der Waals surface area (Å²) < 4.78 is 40.1. The normalized spacial score (nSPS) is 16.8. The molecule has 1 saturated heterocycles. The fraction of sp³-hybridized carbons (Fsp3) is 0.667. The van der Waals surface area contributed by atoms with Crippen LogP contribution in [0.25, 0.3) is 0 Å². The van der Waals surface area contributed by atoms with Gasteiger partial charge in [-0.15, -0.1) is 24.0 Å². The molecule has 0 radical (unpaired) electrons.